The Hall–Kier alpha value is -5.26. The van der Waals surface area contributed by atoms with Gasteiger partial charge in [0, 0.05) is 63.5 Å². The van der Waals surface area contributed by atoms with Crippen molar-refractivity contribution < 1.29 is 62.4 Å². The number of hydrogen-bond acceptors (Lipinski definition) is 13. The van der Waals surface area contributed by atoms with Crippen LogP contribution in [0.2, 0.25) is 0 Å². The minimum Gasteiger partial charge on any atom is -0.356 e. The minimum absolute atomic E-state index is 0.000235. The molecule has 18 heteroatoms. The van der Waals surface area contributed by atoms with Gasteiger partial charge < -0.3 is 24.6 Å². The van der Waals surface area contributed by atoms with E-state index in [0.29, 0.717) is 61.6 Å². The SMILES string of the molecule is O=C(CCN1C(=O)C=CC1OC1CC(=O)N(OC(=O)C2CCC(CN3C(=O)C=CC3=O)CC2)C1=O)NCCCCCC(=O)ON1C(=O)CCC1=O. The van der Waals surface area contributed by atoms with Gasteiger partial charge in [0.2, 0.25) is 11.8 Å². The van der Waals surface area contributed by atoms with Crippen molar-refractivity contribution in [2.45, 2.75) is 89.4 Å². The number of carbonyl (C=O) groups excluding carboxylic acids is 10. The van der Waals surface area contributed by atoms with Gasteiger partial charge in [-0.3, -0.25) is 43.3 Å². The lowest BCUT2D eigenvalue weighted by Crippen LogP contribution is -2.43. The zero-order chi connectivity index (χ0) is 36.7. The third-order valence-corrected chi connectivity index (χ3v) is 9.22. The van der Waals surface area contributed by atoms with Gasteiger partial charge in [-0.2, -0.15) is 0 Å². The van der Waals surface area contributed by atoms with Crippen LogP contribution in [0.5, 0.6) is 0 Å². The highest BCUT2D eigenvalue weighted by Gasteiger charge is 2.46. The Kier molecular flexibility index (Phi) is 12.1. The van der Waals surface area contributed by atoms with Gasteiger partial charge in [-0.15, -0.1) is 5.06 Å². The second-order valence-corrected chi connectivity index (χ2v) is 12.8. The topological polar surface area (TPSA) is 223 Å². The molecule has 4 aliphatic heterocycles. The highest BCUT2D eigenvalue weighted by atomic mass is 16.7. The van der Waals surface area contributed by atoms with Crippen molar-refractivity contribution in [2.24, 2.45) is 11.8 Å². The van der Waals surface area contributed by atoms with Crippen molar-refractivity contribution in [1.29, 1.82) is 0 Å². The Bertz CT molecular complexity index is 1510. The van der Waals surface area contributed by atoms with Crippen LogP contribution in [0.25, 0.3) is 0 Å². The van der Waals surface area contributed by atoms with Crippen LogP contribution in [0.3, 0.4) is 0 Å². The monoisotopic (exact) mass is 713 g/mol. The first-order chi connectivity index (χ1) is 24.4. The number of hydroxylamine groups is 4. The second-order valence-electron chi connectivity index (χ2n) is 12.8. The fraction of sp³-hybridized carbons (Fsp3) is 0.576. The summed E-state index contributed by atoms with van der Waals surface area (Å²) in [5, 5.41) is 3.61. The summed E-state index contributed by atoms with van der Waals surface area (Å²) < 4.78 is 5.76. The normalized spacial score (nSPS) is 24.8. The molecule has 1 aliphatic carbocycles. The number of ether oxygens (including phenoxy) is 1. The number of hydrogen-bond donors (Lipinski definition) is 1. The van der Waals surface area contributed by atoms with Crippen LogP contribution in [0.4, 0.5) is 0 Å². The summed E-state index contributed by atoms with van der Waals surface area (Å²) in [6.07, 6.45) is 5.64. The molecule has 4 heterocycles. The Labute approximate surface area is 291 Å². The van der Waals surface area contributed by atoms with E-state index in [-0.39, 0.29) is 62.4 Å². The summed E-state index contributed by atoms with van der Waals surface area (Å²) in [4.78, 5) is 134. The van der Waals surface area contributed by atoms with Crippen molar-refractivity contribution in [3.05, 3.63) is 24.3 Å². The van der Waals surface area contributed by atoms with Crippen molar-refractivity contribution in [1.82, 2.24) is 25.2 Å². The van der Waals surface area contributed by atoms with Gasteiger partial charge in [-0.1, -0.05) is 11.5 Å². The largest absolute Gasteiger partial charge is 0.356 e. The highest BCUT2D eigenvalue weighted by molar-refractivity contribution is 6.12. The molecule has 51 heavy (non-hydrogen) atoms. The Morgan fingerprint density at radius 2 is 1.43 bits per heavy atom. The second kappa shape index (κ2) is 16.6. The van der Waals surface area contributed by atoms with Crippen molar-refractivity contribution in [2.75, 3.05) is 19.6 Å². The summed E-state index contributed by atoms with van der Waals surface area (Å²) >= 11 is 0. The maximum atomic E-state index is 13.0. The average Bonchev–Trinajstić information content (AvgIpc) is 3.80. The summed E-state index contributed by atoms with van der Waals surface area (Å²) in [6.45, 7) is 0.511. The molecule has 0 bridgehead atoms. The average molecular weight is 714 g/mol. The lowest BCUT2D eigenvalue weighted by atomic mass is 9.82. The molecule has 0 aromatic rings. The highest BCUT2D eigenvalue weighted by Crippen LogP contribution is 2.32. The van der Waals surface area contributed by atoms with Crippen molar-refractivity contribution in [3.63, 3.8) is 0 Å². The van der Waals surface area contributed by atoms with E-state index in [0.717, 1.165) is 4.90 Å². The van der Waals surface area contributed by atoms with E-state index >= 15 is 0 Å². The van der Waals surface area contributed by atoms with Crippen LogP contribution in [0.1, 0.15) is 77.0 Å². The van der Waals surface area contributed by atoms with Crippen LogP contribution in [0.15, 0.2) is 24.3 Å². The smallest absolute Gasteiger partial charge is 0.336 e. The molecule has 18 nitrogen and oxygen atoms in total. The van der Waals surface area contributed by atoms with Crippen LogP contribution >= 0.6 is 0 Å². The van der Waals surface area contributed by atoms with E-state index in [1.807, 2.05) is 0 Å². The van der Waals surface area contributed by atoms with E-state index in [4.69, 9.17) is 14.4 Å². The number of imide groups is 3. The molecular weight excluding hydrogens is 674 g/mol. The van der Waals surface area contributed by atoms with E-state index in [2.05, 4.69) is 5.32 Å². The van der Waals surface area contributed by atoms with Gasteiger partial charge >= 0.3 is 11.9 Å². The number of rotatable bonds is 16. The molecule has 5 rings (SSSR count). The molecule has 1 N–H and O–H groups in total. The van der Waals surface area contributed by atoms with E-state index in [9.17, 15) is 47.9 Å². The van der Waals surface area contributed by atoms with Gasteiger partial charge in [0.25, 0.3) is 35.4 Å². The molecule has 2 saturated heterocycles. The quantitative estimate of drug-likeness (QED) is 0.161. The summed E-state index contributed by atoms with van der Waals surface area (Å²) in [5.41, 5.74) is 0. The number of amides is 8. The number of nitrogens with zero attached hydrogens (tertiary/aromatic N) is 4. The summed E-state index contributed by atoms with van der Waals surface area (Å²) in [6, 6.07) is 0. The molecule has 0 radical (unpaired) electrons. The lowest BCUT2D eigenvalue weighted by Gasteiger charge is -2.30. The molecule has 1 saturated carbocycles. The molecule has 0 spiro atoms. The lowest BCUT2D eigenvalue weighted by molar-refractivity contribution is -0.204. The maximum absolute atomic E-state index is 13.0. The first kappa shape index (κ1) is 37.0. The molecule has 2 atom stereocenters. The van der Waals surface area contributed by atoms with Crippen LogP contribution < -0.4 is 5.32 Å². The van der Waals surface area contributed by atoms with Gasteiger partial charge in [0.1, 0.15) is 0 Å². The first-order valence-corrected chi connectivity index (χ1v) is 17.0. The van der Waals surface area contributed by atoms with Gasteiger partial charge in [-0.25, -0.2) is 9.59 Å². The number of nitrogens with one attached hydrogen (secondary N) is 1. The van der Waals surface area contributed by atoms with Crippen LogP contribution in [-0.4, -0.2) is 111 Å². The Morgan fingerprint density at radius 1 is 0.745 bits per heavy atom. The first-order valence-electron chi connectivity index (χ1n) is 17.0. The zero-order valence-electron chi connectivity index (χ0n) is 27.8. The third-order valence-electron chi connectivity index (χ3n) is 9.22. The maximum Gasteiger partial charge on any atom is 0.336 e. The van der Waals surface area contributed by atoms with E-state index in [1.54, 1.807) is 0 Å². The molecule has 274 valence electrons. The van der Waals surface area contributed by atoms with E-state index in [1.165, 1.54) is 29.2 Å². The van der Waals surface area contributed by atoms with Crippen LogP contribution in [0, 0.1) is 11.8 Å². The van der Waals surface area contributed by atoms with Crippen LogP contribution in [-0.2, 0) is 62.4 Å². The molecule has 0 aromatic heterocycles. The minimum atomic E-state index is -1.32. The number of carbonyl (C=O) groups is 10. The Morgan fingerprint density at radius 3 is 2.12 bits per heavy atom. The standard InChI is InChI=1S/C33H39N5O13/c39-23(34-16-3-1-2-4-31(46)50-37-27(43)11-12-28(37)44)15-17-35-24(40)13-14-30(35)49-22-18-29(45)38(32(22)47)51-33(48)21-7-5-20(6-8-21)19-36-25(41)9-10-26(36)42/h9-10,13-14,20-22,30H,1-8,11-12,15-19H2,(H,34,39). The summed E-state index contributed by atoms with van der Waals surface area (Å²) in [7, 11) is 0. The fourth-order valence-electron chi connectivity index (χ4n) is 6.33. The van der Waals surface area contributed by atoms with Gasteiger partial charge in [0.05, 0.1) is 12.3 Å². The zero-order valence-corrected chi connectivity index (χ0v) is 27.8. The number of unbranched alkanes of at least 4 members (excludes halogenated alkanes) is 2. The fourth-order valence-corrected chi connectivity index (χ4v) is 6.33. The van der Waals surface area contributed by atoms with Crippen molar-refractivity contribution in [3.8, 4) is 0 Å². The Balaban J connectivity index is 0.972. The third kappa shape index (κ3) is 9.30. The molecule has 8 amide bonds. The molecular formula is C33H39N5O13. The molecule has 0 aromatic carbocycles. The molecule has 2 unspecified atom stereocenters. The predicted octanol–water partition coefficient (Wildman–Crippen LogP) is -0.281. The molecule has 5 aliphatic rings. The van der Waals surface area contributed by atoms with Crippen molar-refractivity contribution >= 4 is 59.2 Å². The predicted molar refractivity (Wildman–Crippen MR) is 167 cm³/mol. The van der Waals surface area contributed by atoms with E-state index < -0.39 is 66.1 Å². The molecule has 3 fully saturated rings. The van der Waals surface area contributed by atoms with Gasteiger partial charge in [-0.05, 0) is 50.5 Å². The summed E-state index contributed by atoms with van der Waals surface area (Å²) in [5.74, 6) is -6.31. The van der Waals surface area contributed by atoms with Gasteiger partial charge in [0.15, 0.2) is 12.3 Å².